The molecule has 8 atom stereocenters. The van der Waals surface area contributed by atoms with Crippen LogP contribution in [0.1, 0.15) is 168 Å². The molecule has 1 amide bonds. The van der Waals surface area contributed by atoms with E-state index < -0.39 is 67.4 Å². The maximum atomic E-state index is 13.3. The number of esters is 1. The number of aliphatic hydroxyl groups is 5. The van der Waals surface area contributed by atoms with Crippen molar-refractivity contribution in [2.24, 2.45) is 0 Å². The van der Waals surface area contributed by atoms with Crippen molar-refractivity contribution in [1.29, 1.82) is 0 Å². The highest BCUT2D eigenvalue weighted by Crippen LogP contribution is 2.26. The van der Waals surface area contributed by atoms with E-state index >= 15 is 0 Å². The molecule has 6 N–H and O–H groups in total. The van der Waals surface area contributed by atoms with Crippen LogP contribution in [-0.4, -0.2) is 99.6 Å². The summed E-state index contributed by atoms with van der Waals surface area (Å²) in [4.78, 5) is 26.3. The molecule has 1 aliphatic rings. The lowest BCUT2D eigenvalue weighted by Gasteiger charge is -2.41. The van der Waals surface area contributed by atoms with Gasteiger partial charge in [-0.25, -0.2) is 0 Å². The normalized spacial score (nSPS) is 21.0. The Balaban J connectivity index is 2.83. The maximum Gasteiger partial charge on any atom is 0.306 e. The van der Waals surface area contributed by atoms with Gasteiger partial charge >= 0.3 is 5.97 Å². The van der Waals surface area contributed by atoms with Gasteiger partial charge in [0.1, 0.15) is 24.4 Å². The van der Waals surface area contributed by atoms with E-state index in [1.807, 2.05) is 85.1 Å². The third-order valence-corrected chi connectivity index (χ3v) is 11.4. The van der Waals surface area contributed by atoms with Crippen LogP contribution in [0.5, 0.6) is 0 Å². The van der Waals surface area contributed by atoms with Crippen LogP contribution in [0.25, 0.3) is 0 Å². The molecule has 0 radical (unpaired) electrons. The summed E-state index contributed by atoms with van der Waals surface area (Å²) in [6, 6.07) is -1.05. The second-order valence-corrected chi connectivity index (χ2v) is 17.3. The van der Waals surface area contributed by atoms with E-state index in [0.29, 0.717) is 12.8 Å². The molecule has 1 fully saturated rings. The number of amides is 1. The quantitative estimate of drug-likeness (QED) is 0.0150. The lowest BCUT2D eigenvalue weighted by atomic mass is 9.99. The number of rotatable bonds is 40. The fourth-order valence-corrected chi connectivity index (χ4v) is 7.26. The smallest absolute Gasteiger partial charge is 0.306 e. The Morgan fingerprint density at radius 1 is 0.597 bits per heavy atom. The van der Waals surface area contributed by atoms with Crippen molar-refractivity contribution >= 4 is 11.9 Å². The minimum atomic E-state index is -1.64. The van der Waals surface area contributed by atoms with E-state index in [0.717, 1.165) is 83.5 Å². The van der Waals surface area contributed by atoms with Crippen LogP contribution in [0.2, 0.25) is 0 Å². The molecule has 1 saturated heterocycles. The zero-order valence-corrected chi connectivity index (χ0v) is 41.5. The Kier molecular flexibility index (Phi) is 39.9. The van der Waals surface area contributed by atoms with Gasteiger partial charge in [-0.2, -0.15) is 0 Å². The lowest BCUT2D eigenvalue weighted by Crippen LogP contribution is -2.61. The Morgan fingerprint density at radius 3 is 1.61 bits per heavy atom. The van der Waals surface area contributed by atoms with E-state index in [2.05, 4.69) is 44.3 Å². The minimum Gasteiger partial charge on any atom is -0.454 e. The summed E-state index contributed by atoms with van der Waals surface area (Å²) in [5, 5.41) is 56.5. The minimum absolute atomic E-state index is 0.0856. The molecule has 11 nitrogen and oxygen atoms in total. The molecule has 0 aromatic heterocycles. The van der Waals surface area contributed by atoms with Gasteiger partial charge in [0.05, 0.1) is 25.4 Å². The van der Waals surface area contributed by atoms with E-state index in [9.17, 15) is 35.1 Å². The van der Waals surface area contributed by atoms with Crippen molar-refractivity contribution in [3.8, 4) is 0 Å². The largest absolute Gasteiger partial charge is 0.454 e. The van der Waals surface area contributed by atoms with Gasteiger partial charge in [0.15, 0.2) is 12.4 Å². The van der Waals surface area contributed by atoms with Gasteiger partial charge in [-0.15, -0.1) is 0 Å². The van der Waals surface area contributed by atoms with Gasteiger partial charge in [-0.3, -0.25) is 9.59 Å². The highest BCUT2D eigenvalue weighted by Gasteiger charge is 2.47. The molecule has 1 heterocycles. The first-order valence-corrected chi connectivity index (χ1v) is 25.8. The Bertz CT molecular complexity index is 1500. The Labute approximate surface area is 405 Å². The number of aliphatic hydroxyl groups excluding tert-OH is 5. The summed E-state index contributed by atoms with van der Waals surface area (Å²) in [6.45, 7) is 5.40. The standard InChI is InChI=1S/C56H91NO10/c1-4-7-10-13-16-19-22-24-25-26-29-32-35-38-41-44-51(61)67-54-53(63)52(62)50(45-58)66-56(54)65-46-47(48(59)42-39-36-33-30-27-21-18-15-12-9-6-3)57-55(64)49(60)43-40-37-34-31-28-23-20-17-14-11-8-5-2/h7-8,10-11,13-14,16-17,19-20,22-25,28,31,39,42,47-50,52-54,56,58-60,62-63H,4-6,9,12,15,18,21,26-27,29-30,32-38,40-41,43-46H2,1-3H3,(H,57,64)/b10-7+,11-8+,16-13+,17-14+,22-19+,23-20-,25-24-,31-28-,42-39+. The fraction of sp³-hybridized carbons (Fsp3) is 0.643. The molecule has 1 aliphatic heterocycles. The van der Waals surface area contributed by atoms with Crippen molar-refractivity contribution in [1.82, 2.24) is 5.32 Å². The number of hydrogen-bond donors (Lipinski definition) is 6. The molecule has 0 spiro atoms. The molecule has 0 aliphatic carbocycles. The summed E-state index contributed by atoms with van der Waals surface area (Å²) in [5.41, 5.74) is 0. The number of carbonyl (C=O) groups excluding carboxylic acids is 2. The third-order valence-electron chi connectivity index (χ3n) is 11.4. The Morgan fingerprint density at radius 2 is 1.07 bits per heavy atom. The maximum absolute atomic E-state index is 13.3. The Hall–Kier alpha value is -3.68. The summed E-state index contributed by atoms with van der Waals surface area (Å²) >= 11 is 0. The highest BCUT2D eigenvalue weighted by atomic mass is 16.7. The van der Waals surface area contributed by atoms with Gasteiger partial charge in [0, 0.05) is 6.42 Å². The van der Waals surface area contributed by atoms with Gasteiger partial charge in [0.2, 0.25) is 5.91 Å². The number of nitrogens with one attached hydrogen (secondary N) is 1. The van der Waals surface area contributed by atoms with E-state index in [1.54, 1.807) is 6.08 Å². The van der Waals surface area contributed by atoms with Crippen molar-refractivity contribution < 1.29 is 49.3 Å². The van der Waals surface area contributed by atoms with Gasteiger partial charge in [-0.05, 0) is 64.2 Å². The van der Waals surface area contributed by atoms with Crippen LogP contribution in [0.3, 0.4) is 0 Å². The molecule has 1 rings (SSSR count). The topological polar surface area (TPSA) is 175 Å². The second-order valence-electron chi connectivity index (χ2n) is 17.3. The first-order valence-electron chi connectivity index (χ1n) is 25.8. The van der Waals surface area contributed by atoms with Crippen molar-refractivity contribution in [3.05, 3.63) is 109 Å². The molecule has 8 unspecified atom stereocenters. The molecule has 0 aromatic rings. The highest BCUT2D eigenvalue weighted by molar-refractivity contribution is 5.80. The van der Waals surface area contributed by atoms with Gasteiger partial charge in [0.25, 0.3) is 0 Å². The molecule has 67 heavy (non-hydrogen) atoms. The number of unbranched alkanes of at least 4 members (excludes halogenated alkanes) is 16. The summed E-state index contributed by atoms with van der Waals surface area (Å²) < 4.78 is 17.5. The van der Waals surface area contributed by atoms with Crippen molar-refractivity contribution in [2.45, 2.75) is 217 Å². The third kappa shape index (κ3) is 32.7. The zero-order valence-electron chi connectivity index (χ0n) is 41.5. The molecule has 0 bridgehead atoms. The van der Waals surface area contributed by atoms with Crippen molar-refractivity contribution in [3.63, 3.8) is 0 Å². The second kappa shape index (κ2) is 43.6. The van der Waals surface area contributed by atoms with Crippen molar-refractivity contribution in [2.75, 3.05) is 13.2 Å². The molecule has 0 aromatic carbocycles. The lowest BCUT2D eigenvalue weighted by molar-refractivity contribution is -0.305. The molecular weight excluding hydrogens is 847 g/mol. The molecular formula is C56H91NO10. The van der Waals surface area contributed by atoms with Crippen LogP contribution in [0.15, 0.2) is 109 Å². The fourth-order valence-electron chi connectivity index (χ4n) is 7.26. The molecule has 0 saturated carbocycles. The molecule has 11 heteroatoms. The zero-order chi connectivity index (χ0) is 49.0. The predicted octanol–water partition coefficient (Wildman–Crippen LogP) is 10.6. The van der Waals surface area contributed by atoms with E-state index in [1.165, 1.54) is 38.5 Å². The monoisotopic (exact) mass is 938 g/mol. The number of ether oxygens (including phenoxy) is 3. The van der Waals surface area contributed by atoms with E-state index in [-0.39, 0.29) is 19.4 Å². The average molecular weight is 938 g/mol. The molecule has 380 valence electrons. The van der Waals surface area contributed by atoms with Crippen LogP contribution in [0, 0.1) is 0 Å². The number of allylic oxidation sites excluding steroid dienone is 17. The first-order chi connectivity index (χ1) is 32.7. The van der Waals surface area contributed by atoms with E-state index in [4.69, 9.17) is 14.2 Å². The van der Waals surface area contributed by atoms with Crippen LogP contribution >= 0.6 is 0 Å². The summed E-state index contributed by atoms with van der Waals surface area (Å²) in [6.07, 6.45) is 47.2. The number of carbonyl (C=O) groups is 2. The average Bonchev–Trinajstić information content (AvgIpc) is 3.32. The van der Waals surface area contributed by atoms with Gasteiger partial charge < -0.3 is 45.1 Å². The number of hydrogen-bond acceptors (Lipinski definition) is 10. The van der Waals surface area contributed by atoms with Crippen LogP contribution in [0.4, 0.5) is 0 Å². The van der Waals surface area contributed by atoms with Crippen LogP contribution < -0.4 is 5.32 Å². The summed E-state index contributed by atoms with van der Waals surface area (Å²) in [5.74, 6) is -1.27. The SMILES string of the molecule is CC/C=C/C=C/C=C\C=C/CCCCC(O)C(=O)NC(COC1OC(CO)C(O)C(O)C1OC(=O)CCCCCCC\C=C/C=C/C=C/C=C/CC)C(O)/C=C/CCCCCCCCCCC. The predicted molar refractivity (Wildman–Crippen MR) is 273 cm³/mol. The summed E-state index contributed by atoms with van der Waals surface area (Å²) in [7, 11) is 0. The first kappa shape index (κ1) is 61.3. The van der Waals surface area contributed by atoms with Gasteiger partial charge in [-0.1, -0.05) is 207 Å². The van der Waals surface area contributed by atoms with Crippen LogP contribution in [-0.2, 0) is 23.8 Å².